The molecule has 1 aromatic rings. The lowest BCUT2D eigenvalue weighted by Gasteiger charge is -2.04. The Morgan fingerprint density at radius 3 is 3.33 bits per heavy atom. The van der Waals surface area contributed by atoms with E-state index in [1.807, 2.05) is 10.9 Å². The van der Waals surface area contributed by atoms with Crippen LogP contribution in [0.1, 0.15) is 25.3 Å². The number of fused-ring (bicyclic) bond motifs is 1. The minimum absolute atomic E-state index is 0.846. The maximum atomic E-state index is 5.61. The van der Waals surface area contributed by atoms with Crippen LogP contribution in [0.5, 0.6) is 5.88 Å². The van der Waals surface area contributed by atoms with E-state index in [1.165, 1.54) is 12.0 Å². The monoisotopic (exact) mass is 166 g/mol. The molecule has 0 fully saturated rings. The lowest BCUT2D eigenvalue weighted by Crippen LogP contribution is -2.00. The number of aryl methyl sites for hydroxylation is 2. The molecule has 0 radical (unpaired) electrons. The molecule has 1 aliphatic rings. The van der Waals surface area contributed by atoms with Crippen LogP contribution in [0.3, 0.4) is 0 Å². The summed E-state index contributed by atoms with van der Waals surface area (Å²) >= 11 is 0. The smallest absolute Gasteiger partial charge is 0.214 e. The highest BCUT2D eigenvalue weighted by Gasteiger charge is 2.12. The van der Waals surface area contributed by atoms with E-state index in [9.17, 15) is 0 Å². The number of ether oxygens (including phenoxy) is 1. The van der Waals surface area contributed by atoms with Crippen LogP contribution in [0.4, 0.5) is 0 Å². The quantitative estimate of drug-likeness (QED) is 0.634. The van der Waals surface area contributed by atoms with Gasteiger partial charge < -0.3 is 4.74 Å². The van der Waals surface area contributed by atoms with Gasteiger partial charge in [0.05, 0.1) is 12.8 Å². The summed E-state index contributed by atoms with van der Waals surface area (Å²) in [7, 11) is 0. The average molecular weight is 166 g/mol. The van der Waals surface area contributed by atoms with Gasteiger partial charge in [0.25, 0.3) is 0 Å². The molecule has 0 unspecified atom stereocenters. The van der Waals surface area contributed by atoms with Gasteiger partial charge in [0, 0.05) is 12.1 Å². The van der Waals surface area contributed by atoms with Gasteiger partial charge in [-0.15, -0.1) is 0 Å². The van der Waals surface area contributed by atoms with Crippen molar-refractivity contribution in [3.05, 3.63) is 11.8 Å². The van der Waals surface area contributed by atoms with Crippen molar-refractivity contribution in [1.82, 2.24) is 9.78 Å². The van der Waals surface area contributed by atoms with Crippen molar-refractivity contribution < 1.29 is 4.74 Å². The molecule has 0 N–H and O–H groups in total. The Labute approximate surface area is 72.3 Å². The highest BCUT2D eigenvalue weighted by molar-refractivity contribution is 5.24. The largest absolute Gasteiger partial charge is 0.478 e. The standard InChI is InChI=1S/C9H14N2O/c1-2-8-7-10-11-5-3-4-6-12-9(8)11/h7H,2-6H2,1H3. The van der Waals surface area contributed by atoms with E-state index < -0.39 is 0 Å². The van der Waals surface area contributed by atoms with Crippen LogP contribution in [0.25, 0.3) is 0 Å². The minimum atomic E-state index is 0.846. The Morgan fingerprint density at radius 2 is 2.50 bits per heavy atom. The van der Waals surface area contributed by atoms with Gasteiger partial charge in [-0.05, 0) is 19.3 Å². The first-order valence-corrected chi connectivity index (χ1v) is 4.59. The number of hydrogen-bond acceptors (Lipinski definition) is 2. The Bertz CT molecular complexity index is 267. The van der Waals surface area contributed by atoms with E-state index in [2.05, 4.69) is 12.0 Å². The van der Waals surface area contributed by atoms with Crippen molar-refractivity contribution in [1.29, 1.82) is 0 Å². The lowest BCUT2D eigenvalue weighted by molar-refractivity contribution is 0.300. The molecule has 0 amide bonds. The van der Waals surface area contributed by atoms with Gasteiger partial charge in [-0.2, -0.15) is 5.10 Å². The molecule has 0 aliphatic carbocycles. The maximum absolute atomic E-state index is 5.61. The molecule has 0 saturated carbocycles. The zero-order valence-electron chi connectivity index (χ0n) is 7.42. The highest BCUT2D eigenvalue weighted by Crippen LogP contribution is 2.21. The second kappa shape index (κ2) is 3.17. The van der Waals surface area contributed by atoms with Gasteiger partial charge in [-0.3, -0.25) is 0 Å². The second-order valence-electron chi connectivity index (χ2n) is 3.11. The van der Waals surface area contributed by atoms with Crippen LogP contribution < -0.4 is 4.74 Å². The summed E-state index contributed by atoms with van der Waals surface area (Å²) in [6, 6.07) is 0. The van der Waals surface area contributed by atoms with E-state index in [-0.39, 0.29) is 0 Å². The van der Waals surface area contributed by atoms with Gasteiger partial charge in [-0.25, -0.2) is 4.68 Å². The van der Waals surface area contributed by atoms with Crippen molar-refractivity contribution in [2.24, 2.45) is 0 Å². The van der Waals surface area contributed by atoms with Crippen LogP contribution in [-0.4, -0.2) is 16.4 Å². The van der Waals surface area contributed by atoms with Crippen LogP contribution in [0.15, 0.2) is 6.20 Å². The van der Waals surface area contributed by atoms with E-state index >= 15 is 0 Å². The first kappa shape index (κ1) is 7.65. The van der Waals surface area contributed by atoms with Gasteiger partial charge >= 0.3 is 0 Å². The lowest BCUT2D eigenvalue weighted by atomic mass is 10.3. The van der Waals surface area contributed by atoms with Gasteiger partial charge in [0.15, 0.2) is 0 Å². The molecule has 3 heteroatoms. The van der Waals surface area contributed by atoms with Crippen LogP contribution in [0, 0.1) is 0 Å². The first-order valence-electron chi connectivity index (χ1n) is 4.59. The molecule has 2 heterocycles. The molecule has 3 nitrogen and oxygen atoms in total. The molecular formula is C9H14N2O. The molecule has 0 aromatic carbocycles. The van der Waals surface area contributed by atoms with Gasteiger partial charge in [-0.1, -0.05) is 6.92 Å². The van der Waals surface area contributed by atoms with Crippen molar-refractivity contribution >= 4 is 0 Å². The summed E-state index contributed by atoms with van der Waals surface area (Å²) in [4.78, 5) is 0. The third kappa shape index (κ3) is 1.19. The zero-order chi connectivity index (χ0) is 8.39. The summed E-state index contributed by atoms with van der Waals surface area (Å²) in [5.41, 5.74) is 1.23. The molecule has 0 spiro atoms. The summed E-state index contributed by atoms with van der Waals surface area (Å²) in [6.45, 7) is 3.99. The van der Waals surface area contributed by atoms with E-state index in [0.717, 1.165) is 31.9 Å². The fourth-order valence-corrected chi connectivity index (χ4v) is 1.51. The second-order valence-corrected chi connectivity index (χ2v) is 3.11. The number of rotatable bonds is 1. The first-order chi connectivity index (χ1) is 5.92. The Morgan fingerprint density at radius 1 is 1.58 bits per heavy atom. The maximum Gasteiger partial charge on any atom is 0.214 e. The molecule has 0 bridgehead atoms. The van der Waals surface area contributed by atoms with Crippen molar-refractivity contribution in [3.8, 4) is 5.88 Å². The SMILES string of the molecule is CCc1cnn2c1OCCCC2. The molecule has 1 aliphatic heterocycles. The van der Waals surface area contributed by atoms with E-state index in [1.54, 1.807) is 0 Å². The van der Waals surface area contributed by atoms with Gasteiger partial charge in [0.2, 0.25) is 5.88 Å². The predicted molar refractivity (Wildman–Crippen MR) is 46.3 cm³/mol. The van der Waals surface area contributed by atoms with Gasteiger partial charge in [0.1, 0.15) is 0 Å². The molecule has 1 aromatic heterocycles. The minimum Gasteiger partial charge on any atom is -0.478 e. The van der Waals surface area contributed by atoms with Crippen molar-refractivity contribution in [2.45, 2.75) is 32.7 Å². The number of hydrogen-bond donors (Lipinski definition) is 0. The summed E-state index contributed by atoms with van der Waals surface area (Å²) in [6.07, 6.45) is 5.25. The van der Waals surface area contributed by atoms with Crippen LogP contribution in [-0.2, 0) is 13.0 Å². The summed E-state index contributed by atoms with van der Waals surface area (Å²) in [5, 5.41) is 4.28. The Balaban J connectivity index is 2.32. The molecular weight excluding hydrogens is 152 g/mol. The van der Waals surface area contributed by atoms with Crippen LogP contribution in [0.2, 0.25) is 0 Å². The zero-order valence-corrected chi connectivity index (χ0v) is 7.42. The van der Waals surface area contributed by atoms with E-state index in [4.69, 9.17) is 4.74 Å². The fraction of sp³-hybridized carbons (Fsp3) is 0.667. The molecule has 66 valence electrons. The summed E-state index contributed by atoms with van der Waals surface area (Å²) < 4.78 is 7.59. The Kier molecular flexibility index (Phi) is 2.02. The molecule has 0 atom stereocenters. The fourth-order valence-electron chi connectivity index (χ4n) is 1.51. The van der Waals surface area contributed by atoms with E-state index in [0.29, 0.717) is 0 Å². The topological polar surface area (TPSA) is 27.1 Å². The molecule has 12 heavy (non-hydrogen) atoms. The number of aromatic nitrogens is 2. The normalized spacial score (nSPS) is 16.4. The van der Waals surface area contributed by atoms with Crippen molar-refractivity contribution in [2.75, 3.05) is 6.61 Å². The third-order valence-corrected chi connectivity index (χ3v) is 2.25. The number of nitrogens with zero attached hydrogens (tertiary/aromatic N) is 2. The Hall–Kier alpha value is -0.990. The summed E-state index contributed by atoms with van der Waals surface area (Å²) in [5.74, 6) is 0.995. The molecule has 0 saturated heterocycles. The predicted octanol–water partition coefficient (Wildman–Crippen LogP) is 1.62. The van der Waals surface area contributed by atoms with Crippen LogP contribution >= 0.6 is 0 Å². The highest BCUT2D eigenvalue weighted by atomic mass is 16.5. The third-order valence-electron chi connectivity index (χ3n) is 2.25. The van der Waals surface area contributed by atoms with Crippen molar-refractivity contribution in [3.63, 3.8) is 0 Å². The average Bonchev–Trinajstić information content (AvgIpc) is 2.33. The molecule has 2 rings (SSSR count).